The summed E-state index contributed by atoms with van der Waals surface area (Å²) in [5.41, 5.74) is 3.89. The molecule has 4 heteroatoms. The van der Waals surface area contributed by atoms with E-state index in [0.29, 0.717) is 0 Å². The fourth-order valence-corrected chi connectivity index (χ4v) is 0.914. The van der Waals surface area contributed by atoms with Crippen LogP contribution in [0.15, 0.2) is 24.3 Å². The van der Waals surface area contributed by atoms with Crippen LogP contribution in [0.1, 0.15) is 5.56 Å². The number of hydroxylamine groups is 1. The predicted molar refractivity (Wildman–Crippen MR) is 52.3 cm³/mol. The summed E-state index contributed by atoms with van der Waals surface area (Å²) in [4.78, 5) is 0. The average Bonchev–Trinajstić information content (AvgIpc) is 2.09. The Bertz CT molecular complexity index is 271. The summed E-state index contributed by atoms with van der Waals surface area (Å²) >= 11 is 4.70. The van der Waals surface area contributed by atoms with Crippen LogP contribution in [-0.2, 0) is 0 Å². The minimum Gasteiger partial charge on any atom is -0.331 e. The van der Waals surface area contributed by atoms with Gasteiger partial charge in [0.1, 0.15) is 0 Å². The van der Waals surface area contributed by atoms with Crippen LogP contribution >= 0.6 is 12.2 Å². The second kappa shape index (κ2) is 4.04. The number of benzene rings is 1. The summed E-state index contributed by atoms with van der Waals surface area (Å²) in [5, 5.41) is 11.4. The van der Waals surface area contributed by atoms with Crippen molar-refractivity contribution >= 4 is 23.0 Å². The fourth-order valence-electron chi connectivity index (χ4n) is 0.796. The van der Waals surface area contributed by atoms with E-state index in [9.17, 15) is 0 Å². The molecule has 12 heavy (non-hydrogen) atoms. The summed E-state index contributed by atoms with van der Waals surface area (Å²) in [7, 11) is 0. The minimum atomic E-state index is 0.193. The van der Waals surface area contributed by atoms with Crippen molar-refractivity contribution < 1.29 is 5.21 Å². The summed E-state index contributed by atoms with van der Waals surface area (Å²) < 4.78 is 0. The Morgan fingerprint density at radius 1 is 1.33 bits per heavy atom. The molecule has 0 aliphatic carbocycles. The molecule has 0 saturated carbocycles. The van der Waals surface area contributed by atoms with Crippen LogP contribution in [0.2, 0.25) is 0 Å². The van der Waals surface area contributed by atoms with Crippen molar-refractivity contribution in [2.24, 2.45) is 0 Å². The number of nitrogens with one attached hydrogen (secondary N) is 2. The van der Waals surface area contributed by atoms with E-state index in [1.54, 1.807) is 0 Å². The predicted octanol–water partition coefficient (Wildman–Crippen LogP) is 1.67. The first kappa shape index (κ1) is 8.96. The lowest BCUT2D eigenvalue weighted by molar-refractivity contribution is 0.237. The molecule has 0 aromatic heterocycles. The van der Waals surface area contributed by atoms with E-state index in [2.05, 4.69) is 5.32 Å². The molecule has 0 fully saturated rings. The third-order valence-corrected chi connectivity index (χ3v) is 1.60. The van der Waals surface area contributed by atoms with Crippen molar-refractivity contribution in [2.45, 2.75) is 6.92 Å². The van der Waals surface area contributed by atoms with Crippen molar-refractivity contribution in [1.82, 2.24) is 5.48 Å². The number of rotatable bonds is 1. The summed E-state index contributed by atoms with van der Waals surface area (Å²) in [6.45, 7) is 2.01. The molecule has 0 aliphatic heterocycles. The van der Waals surface area contributed by atoms with E-state index >= 15 is 0 Å². The van der Waals surface area contributed by atoms with Crippen LogP contribution in [0.3, 0.4) is 0 Å². The normalized spacial score (nSPS) is 9.17. The van der Waals surface area contributed by atoms with Gasteiger partial charge in [-0.2, -0.15) is 0 Å². The molecule has 1 rings (SSSR count). The smallest absolute Gasteiger partial charge is 0.194 e. The van der Waals surface area contributed by atoms with Gasteiger partial charge in [0.05, 0.1) is 0 Å². The minimum absolute atomic E-state index is 0.193. The van der Waals surface area contributed by atoms with Crippen LogP contribution < -0.4 is 10.8 Å². The molecule has 64 valence electrons. The summed E-state index contributed by atoms with van der Waals surface area (Å²) in [6, 6.07) is 7.70. The number of aryl methyl sites for hydroxylation is 1. The molecule has 0 saturated heterocycles. The second-order valence-corrected chi connectivity index (χ2v) is 2.84. The van der Waals surface area contributed by atoms with Gasteiger partial charge in [0.2, 0.25) is 0 Å². The van der Waals surface area contributed by atoms with E-state index in [0.717, 1.165) is 5.69 Å². The van der Waals surface area contributed by atoms with Crippen molar-refractivity contribution in [3.63, 3.8) is 0 Å². The summed E-state index contributed by atoms with van der Waals surface area (Å²) in [5.74, 6) is 0. The van der Waals surface area contributed by atoms with Crippen LogP contribution in [-0.4, -0.2) is 10.3 Å². The van der Waals surface area contributed by atoms with Crippen LogP contribution in [0, 0.1) is 6.92 Å². The van der Waals surface area contributed by atoms with Crippen molar-refractivity contribution in [3.05, 3.63) is 29.8 Å². The topological polar surface area (TPSA) is 44.3 Å². The zero-order valence-corrected chi connectivity index (χ0v) is 7.48. The molecule has 0 spiro atoms. The maximum absolute atomic E-state index is 8.40. The first-order chi connectivity index (χ1) is 5.72. The van der Waals surface area contributed by atoms with Crippen molar-refractivity contribution in [2.75, 3.05) is 5.32 Å². The van der Waals surface area contributed by atoms with Gasteiger partial charge in [0.25, 0.3) is 0 Å². The zero-order chi connectivity index (χ0) is 8.97. The Kier molecular flexibility index (Phi) is 3.01. The van der Waals surface area contributed by atoms with E-state index in [-0.39, 0.29) is 5.11 Å². The first-order valence-corrected chi connectivity index (χ1v) is 3.91. The molecule has 0 atom stereocenters. The number of thiocarbonyl (C=S) groups is 1. The highest BCUT2D eigenvalue weighted by atomic mass is 32.1. The molecule has 3 N–H and O–H groups in total. The third kappa shape index (κ3) is 2.48. The van der Waals surface area contributed by atoms with Gasteiger partial charge in [-0.1, -0.05) is 17.7 Å². The van der Waals surface area contributed by atoms with Gasteiger partial charge < -0.3 is 5.32 Å². The SMILES string of the molecule is Cc1ccc(NC(=S)NO)cc1. The largest absolute Gasteiger partial charge is 0.331 e. The lowest BCUT2D eigenvalue weighted by atomic mass is 10.2. The highest BCUT2D eigenvalue weighted by Crippen LogP contribution is 2.07. The van der Waals surface area contributed by atoms with E-state index in [1.165, 1.54) is 5.56 Å². The molecule has 0 aliphatic rings. The van der Waals surface area contributed by atoms with Crippen molar-refractivity contribution in [3.8, 4) is 0 Å². The lowest BCUT2D eigenvalue weighted by Gasteiger charge is -2.05. The third-order valence-electron chi connectivity index (χ3n) is 1.41. The number of hydrogen-bond acceptors (Lipinski definition) is 2. The Hall–Kier alpha value is -1.13. The average molecular weight is 182 g/mol. The molecule has 3 nitrogen and oxygen atoms in total. The Labute approximate surface area is 76.4 Å². The number of anilines is 1. The summed E-state index contributed by atoms with van der Waals surface area (Å²) in [6.07, 6.45) is 0. The Morgan fingerprint density at radius 2 is 1.92 bits per heavy atom. The molecular weight excluding hydrogens is 172 g/mol. The van der Waals surface area contributed by atoms with Crippen LogP contribution in [0.4, 0.5) is 5.69 Å². The van der Waals surface area contributed by atoms with Gasteiger partial charge in [-0.3, -0.25) is 5.21 Å². The first-order valence-electron chi connectivity index (χ1n) is 3.50. The van der Waals surface area contributed by atoms with E-state index in [4.69, 9.17) is 17.4 Å². The maximum Gasteiger partial charge on any atom is 0.194 e. The van der Waals surface area contributed by atoms with Crippen molar-refractivity contribution in [1.29, 1.82) is 0 Å². The van der Waals surface area contributed by atoms with Crippen LogP contribution in [0.5, 0.6) is 0 Å². The molecule has 0 heterocycles. The lowest BCUT2D eigenvalue weighted by Crippen LogP contribution is -2.24. The molecule has 1 aromatic rings. The van der Waals surface area contributed by atoms with Gasteiger partial charge >= 0.3 is 0 Å². The van der Waals surface area contributed by atoms with Gasteiger partial charge in [-0.05, 0) is 31.3 Å². The van der Waals surface area contributed by atoms with E-state index < -0.39 is 0 Å². The van der Waals surface area contributed by atoms with Crippen LogP contribution in [0.25, 0.3) is 0 Å². The molecule has 0 amide bonds. The fraction of sp³-hybridized carbons (Fsp3) is 0.125. The molecule has 1 aromatic carbocycles. The van der Waals surface area contributed by atoms with Gasteiger partial charge in [0, 0.05) is 5.69 Å². The molecule has 0 unspecified atom stereocenters. The molecule has 0 bridgehead atoms. The Morgan fingerprint density at radius 3 is 2.42 bits per heavy atom. The zero-order valence-electron chi connectivity index (χ0n) is 6.66. The highest BCUT2D eigenvalue weighted by Gasteiger charge is 1.93. The van der Waals surface area contributed by atoms with Gasteiger partial charge in [0.15, 0.2) is 5.11 Å². The maximum atomic E-state index is 8.40. The second-order valence-electron chi connectivity index (χ2n) is 2.43. The van der Waals surface area contributed by atoms with E-state index in [1.807, 2.05) is 36.7 Å². The molecule has 0 radical (unpaired) electrons. The monoisotopic (exact) mass is 182 g/mol. The van der Waals surface area contributed by atoms with Gasteiger partial charge in [-0.15, -0.1) is 0 Å². The molecular formula is C8H10N2OS. The standard InChI is InChI=1S/C8H10N2OS/c1-6-2-4-7(5-3-6)9-8(12)10-11/h2-5,11H,1H3,(H2,9,10,12). The number of hydrogen-bond donors (Lipinski definition) is 3. The quantitative estimate of drug-likeness (QED) is 0.456. The highest BCUT2D eigenvalue weighted by molar-refractivity contribution is 7.80. The van der Waals surface area contributed by atoms with Gasteiger partial charge in [-0.25, -0.2) is 5.48 Å². The Balaban J connectivity index is 2.64.